The Morgan fingerprint density at radius 3 is 3.08 bits per heavy atom. The Labute approximate surface area is 77.8 Å². The van der Waals surface area contributed by atoms with Crippen molar-refractivity contribution >= 4 is 28.7 Å². The zero-order valence-electron chi connectivity index (χ0n) is 6.51. The minimum absolute atomic E-state index is 0.297. The van der Waals surface area contributed by atoms with Crippen molar-refractivity contribution in [2.75, 3.05) is 11.7 Å². The van der Waals surface area contributed by atoms with E-state index in [0.29, 0.717) is 11.5 Å². The molecule has 1 aromatic rings. The average Bonchev–Trinajstić information content (AvgIpc) is 2.75. The summed E-state index contributed by atoms with van der Waals surface area (Å²) in [6.45, 7) is 0.416. The molecule has 0 spiro atoms. The van der Waals surface area contributed by atoms with Crippen molar-refractivity contribution in [3.8, 4) is 0 Å². The molecule has 1 aromatic heterocycles. The number of hydroxylamine groups is 1. The van der Waals surface area contributed by atoms with Gasteiger partial charge in [0.25, 0.3) is 0 Å². The van der Waals surface area contributed by atoms with Gasteiger partial charge in [-0.2, -0.15) is 5.06 Å². The van der Waals surface area contributed by atoms with Crippen LogP contribution in [0.25, 0.3) is 0 Å². The van der Waals surface area contributed by atoms with E-state index in [-0.39, 0.29) is 0 Å². The van der Waals surface area contributed by atoms with E-state index < -0.39 is 5.97 Å². The molecule has 1 N–H and O–H groups in total. The quantitative estimate of drug-likeness (QED) is 0.775. The lowest BCUT2D eigenvalue weighted by Crippen LogP contribution is -2.15. The van der Waals surface area contributed by atoms with E-state index in [0.717, 1.165) is 16.3 Å². The van der Waals surface area contributed by atoms with E-state index in [4.69, 9.17) is 9.94 Å². The maximum absolute atomic E-state index is 10.5. The second kappa shape index (κ2) is 3.06. The summed E-state index contributed by atoms with van der Waals surface area (Å²) in [6.07, 6.45) is 1.33. The number of rotatable bonds is 2. The van der Waals surface area contributed by atoms with Crippen molar-refractivity contribution in [1.82, 2.24) is 0 Å². The molecule has 0 saturated carbocycles. The van der Waals surface area contributed by atoms with Crippen LogP contribution in [-0.2, 0) is 4.84 Å². The first kappa shape index (κ1) is 8.06. The molecule has 0 amide bonds. The maximum Gasteiger partial charge on any atom is 0.345 e. The molecule has 0 saturated heterocycles. The highest BCUT2D eigenvalue weighted by molar-refractivity contribution is 7.17. The first-order valence-corrected chi connectivity index (χ1v) is 4.35. The molecular weight excluding hydrogens is 192 g/mol. The van der Waals surface area contributed by atoms with E-state index in [1.54, 1.807) is 12.1 Å². The number of nitrogens with zero attached hydrogens (tertiary/aromatic N) is 2. The summed E-state index contributed by atoms with van der Waals surface area (Å²) < 4.78 is 0. The fourth-order valence-electron chi connectivity index (χ4n) is 0.929. The lowest BCUT2D eigenvalue weighted by atomic mass is 10.5. The van der Waals surface area contributed by atoms with Crippen LogP contribution >= 0.6 is 11.3 Å². The van der Waals surface area contributed by atoms with E-state index in [1.165, 1.54) is 11.5 Å². The van der Waals surface area contributed by atoms with Crippen LogP contribution in [0.4, 0.5) is 5.00 Å². The molecule has 1 aliphatic rings. The van der Waals surface area contributed by atoms with Gasteiger partial charge in [-0.15, -0.1) is 11.3 Å². The molecule has 0 aliphatic carbocycles. The fourth-order valence-corrected chi connectivity index (χ4v) is 1.72. The zero-order valence-corrected chi connectivity index (χ0v) is 7.32. The topological polar surface area (TPSA) is 62.1 Å². The number of aliphatic imine (C=N–C) groups is 1. The molecule has 13 heavy (non-hydrogen) atoms. The van der Waals surface area contributed by atoms with Gasteiger partial charge in [0.05, 0.1) is 0 Å². The average molecular weight is 198 g/mol. The van der Waals surface area contributed by atoms with Crippen molar-refractivity contribution in [3.05, 3.63) is 17.0 Å². The highest BCUT2D eigenvalue weighted by atomic mass is 32.1. The second-order valence-electron chi connectivity index (χ2n) is 2.36. The molecule has 1 aliphatic heterocycles. The molecule has 5 nitrogen and oxygen atoms in total. The van der Waals surface area contributed by atoms with Gasteiger partial charge < -0.3 is 9.94 Å². The molecule has 68 valence electrons. The number of hydrogen-bond acceptors (Lipinski definition) is 5. The smallest absolute Gasteiger partial charge is 0.345 e. The standard InChI is InChI=1S/C7H6N2O3S/c10-7(11)5-1-2-6(13-5)9-3-8-4-12-9/h1-2,4H,3H2,(H,10,11). The van der Waals surface area contributed by atoms with Crippen LogP contribution in [0, 0.1) is 0 Å². The summed E-state index contributed by atoms with van der Waals surface area (Å²) in [5, 5.41) is 10.9. The number of carbonyl (C=O) groups is 1. The lowest BCUT2D eigenvalue weighted by Gasteiger charge is -2.10. The van der Waals surface area contributed by atoms with Gasteiger partial charge in [0.2, 0.25) is 6.40 Å². The number of carboxylic acids is 1. The van der Waals surface area contributed by atoms with Crippen molar-refractivity contribution in [2.45, 2.75) is 0 Å². The number of hydrogen-bond donors (Lipinski definition) is 1. The largest absolute Gasteiger partial charge is 0.477 e. The third kappa shape index (κ3) is 1.48. The van der Waals surface area contributed by atoms with Crippen molar-refractivity contribution in [2.24, 2.45) is 4.99 Å². The summed E-state index contributed by atoms with van der Waals surface area (Å²) in [6, 6.07) is 3.24. The third-order valence-corrected chi connectivity index (χ3v) is 2.59. The number of anilines is 1. The van der Waals surface area contributed by atoms with Crippen LogP contribution in [0.5, 0.6) is 0 Å². The molecule has 0 atom stereocenters. The minimum Gasteiger partial charge on any atom is -0.477 e. The highest BCUT2D eigenvalue weighted by Crippen LogP contribution is 2.26. The first-order chi connectivity index (χ1) is 6.27. The van der Waals surface area contributed by atoms with Crippen molar-refractivity contribution in [3.63, 3.8) is 0 Å². The highest BCUT2D eigenvalue weighted by Gasteiger charge is 2.15. The number of carboxylic acid groups (broad SMARTS) is 1. The van der Waals surface area contributed by atoms with Gasteiger partial charge in [0.1, 0.15) is 9.88 Å². The van der Waals surface area contributed by atoms with E-state index in [2.05, 4.69) is 4.99 Å². The Kier molecular flexibility index (Phi) is 1.90. The summed E-state index contributed by atoms with van der Waals surface area (Å²) in [7, 11) is 0. The lowest BCUT2D eigenvalue weighted by molar-refractivity contribution is 0.0702. The monoisotopic (exact) mass is 198 g/mol. The normalized spacial score (nSPS) is 14.6. The molecule has 0 unspecified atom stereocenters. The molecular formula is C7H6N2O3S. The van der Waals surface area contributed by atoms with Crippen LogP contribution in [0.2, 0.25) is 0 Å². The van der Waals surface area contributed by atoms with Crippen molar-refractivity contribution in [1.29, 1.82) is 0 Å². The Hall–Kier alpha value is -1.56. The van der Waals surface area contributed by atoms with Gasteiger partial charge in [-0.25, -0.2) is 9.79 Å². The SMILES string of the molecule is O=C(O)c1ccc(N2CN=CO2)s1. The van der Waals surface area contributed by atoms with Crippen LogP contribution in [0.3, 0.4) is 0 Å². The Morgan fingerprint density at radius 2 is 2.54 bits per heavy atom. The molecule has 0 aromatic carbocycles. The molecule has 6 heteroatoms. The van der Waals surface area contributed by atoms with Gasteiger partial charge in [-0.05, 0) is 12.1 Å². The molecule has 2 heterocycles. The van der Waals surface area contributed by atoms with Gasteiger partial charge in [0.15, 0.2) is 6.67 Å². The summed E-state index contributed by atoms with van der Waals surface area (Å²) in [4.78, 5) is 19.7. The fraction of sp³-hybridized carbons (Fsp3) is 0.143. The van der Waals surface area contributed by atoms with Crippen LogP contribution in [0.15, 0.2) is 17.1 Å². The van der Waals surface area contributed by atoms with Gasteiger partial charge in [0, 0.05) is 0 Å². The first-order valence-electron chi connectivity index (χ1n) is 3.53. The third-order valence-electron chi connectivity index (χ3n) is 1.51. The Balaban J connectivity index is 2.17. The maximum atomic E-state index is 10.5. The van der Waals surface area contributed by atoms with Gasteiger partial charge in [-0.3, -0.25) is 0 Å². The zero-order chi connectivity index (χ0) is 9.26. The van der Waals surface area contributed by atoms with E-state index in [1.807, 2.05) is 0 Å². The van der Waals surface area contributed by atoms with Crippen LogP contribution in [0.1, 0.15) is 9.67 Å². The van der Waals surface area contributed by atoms with E-state index >= 15 is 0 Å². The number of thiophene rings is 1. The Bertz CT molecular complexity index is 352. The summed E-state index contributed by atoms with van der Waals surface area (Å²) in [5.41, 5.74) is 0. The predicted molar refractivity (Wildman–Crippen MR) is 48.2 cm³/mol. The molecule has 0 fully saturated rings. The number of aromatic carboxylic acids is 1. The van der Waals surface area contributed by atoms with Crippen molar-refractivity contribution < 1.29 is 14.7 Å². The second-order valence-corrected chi connectivity index (χ2v) is 3.42. The van der Waals surface area contributed by atoms with Crippen LogP contribution in [-0.4, -0.2) is 24.1 Å². The molecule has 0 radical (unpaired) electrons. The van der Waals surface area contributed by atoms with Crippen LogP contribution < -0.4 is 5.06 Å². The summed E-state index contributed by atoms with van der Waals surface area (Å²) in [5.74, 6) is -0.920. The predicted octanol–water partition coefficient (Wildman–Crippen LogP) is 1.18. The molecule has 0 bridgehead atoms. The summed E-state index contributed by atoms with van der Waals surface area (Å²) >= 11 is 1.16. The van der Waals surface area contributed by atoms with Gasteiger partial charge in [-0.1, -0.05) is 0 Å². The van der Waals surface area contributed by atoms with E-state index in [9.17, 15) is 4.79 Å². The molecule has 2 rings (SSSR count). The minimum atomic E-state index is -0.920. The van der Waals surface area contributed by atoms with Gasteiger partial charge >= 0.3 is 5.97 Å². The Morgan fingerprint density at radius 1 is 1.69 bits per heavy atom.